The van der Waals surface area contributed by atoms with Crippen molar-refractivity contribution >= 4 is 21.4 Å². The number of nitrogens with two attached hydrogens (primary N) is 1. The number of thiazole rings is 1. The fourth-order valence-electron chi connectivity index (χ4n) is 0.922. The van der Waals surface area contributed by atoms with Gasteiger partial charge in [-0.05, 0) is 20.8 Å². The van der Waals surface area contributed by atoms with Crippen molar-refractivity contribution in [2.24, 2.45) is 5.73 Å². The molecule has 0 aliphatic rings. The van der Waals surface area contributed by atoms with Crippen LogP contribution in [0.1, 0.15) is 17.5 Å². The fourth-order valence-corrected chi connectivity index (χ4v) is 3.50. The molecule has 1 aromatic heterocycles. The largest absolute Gasteiger partial charge is 0.329 e. The zero-order valence-corrected chi connectivity index (χ0v) is 10.6. The summed E-state index contributed by atoms with van der Waals surface area (Å²) in [6.07, 6.45) is 0. The van der Waals surface area contributed by atoms with E-state index in [1.807, 2.05) is 6.92 Å². The van der Waals surface area contributed by atoms with Crippen molar-refractivity contribution < 1.29 is 8.42 Å². The summed E-state index contributed by atoms with van der Waals surface area (Å²) < 4.78 is 26.1. The molecule has 0 amide bonds. The predicted molar refractivity (Wildman–Crippen MR) is 60.4 cm³/mol. The van der Waals surface area contributed by atoms with Crippen LogP contribution in [0.2, 0.25) is 0 Å². The third kappa shape index (κ3) is 2.97. The molecule has 15 heavy (non-hydrogen) atoms. The Morgan fingerprint density at radius 2 is 2.13 bits per heavy atom. The molecule has 86 valence electrons. The lowest BCUT2D eigenvalue weighted by Gasteiger charge is -2.09. The maximum absolute atomic E-state index is 11.7. The molecule has 0 spiro atoms. The van der Waals surface area contributed by atoms with Gasteiger partial charge < -0.3 is 5.73 Å². The average Bonchev–Trinajstić information content (AvgIpc) is 2.47. The molecule has 1 heterocycles. The Bertz CT molecular complexity index is 419. The predicted octanol–water partition coefficient (Wildman–Crippen LogP) is 0.385. The maximum Gasteiger partial charge on any atom is 0.268 e. The number of sulfonamides is 1. The van der Waals surface area contributed by atoms with Crippen molar-refractivity contribution in [3.05, 3.63) is 10.6 Å². The minimum atomic E-state index is -3.50. The Hall–Kier alpha value is -0.500. The van der Waals surface area contributed by atoms with Crippen LogP contribution in [-0.2, 0) is 10.0 Å². The summed E-state index contributed by atoms with van der Waals surface area (Å²) in [5, 5.41) is 0. The van der Waals surface area contributed by atoms with E-state index < -0.39 is 10.0 Å². The standard InChI is InChI=1S/C8H15N3O2S2/c1-5(4-9)11-15(12,13)8-10-6(2)7(3)14-8/h5,11H,4,9H2,1-3H3/t5-/m0/s1. The van der Waals surface area contributed by atoms with Crippen LogP contribution in [0, 0.1) is 13.8 Å². The van der Waals surface area contributed by atoms with Crippen molar-refractivity contribution in [1.29, 1.82) is 0 Å². The molecule has 7 heteroatoms. The summed E-state index contributed by atoms with van der Waals surface area (Å²) in [5.74, 6) is 0. The van der Waals surface area contributed by atoms with Gasteiger partial charge in [-0.15, -0.1) is 11.3 Å². The van der Waals surface area contributed by atoms with Gasteiger partial charge in [-0.1, -0.05) is 0 Å². The summed E-state index contributed by atoms with van der Waals surface area (Å²) in [7, 11) is -3.50. The van der Waals surface area contributed by atoms with Gasteiger partial charge in [-0.2, -0.15) is 0 Å². The quantitative estimate of drug-likeness (QED) is 0.808. The van der Waals surface area contributed by atoms with Gasteiger partial charge in [0.05, 0.1) is 5.69 Å². The number of aromatic nitrogens is 1. The van der Waals surface area contributed by atoms with Gasteiger partial charge in [-0.3, -0.25) is 0 Å². The minimum Gasteiger partial charge on any atom is -0.329 e. The zero-order chi connectivity index (χ0) is 11.6. The van der Waals surface area contributed by atoms with E-state index in [1.165, 1.54) is 11.3 Å². The number of rotatable bonds is 4. The van der Waals surface area contributed by atoms with Crippen molar-refractivity contribution in [3.63, 3.8) is 0 Å². The van der Waals surface area contributed by atoms with Crippen LogP contribution in [0.4, 0.5) is 0 Å². The average molecular weight is 249 g/mol. The number of hydrogen-bond donors (Lipinski definition) is 2. The van der Waals surface area contributed by atoms with Gasteiger partial charge in [0.25, 0.3) is 10.0 Å². The highest BCUT2D eigenvalue weighted by molar-refractivity contribution is 7.91. The van der Waals surface area contributed by atoms with Crippen molar-refractivity contribution in [1.82, 2.24) is 9.71 Å². The van der Waals surface area contributed by atoms with Crippen LogP contribution < -0.4 is 10.5 Å². The molecule has 5 nitrogen and oxygen atoms in total. The second-order valence-electron chi connectivity index (χ2n) is 3.38. The lowest BCUT2D eigenvalue weighted by molar-refractivity contribution is 0.561. The molecular formula is C8H15N3O2S2. The Morgan fingerprint density at radius 3 is 2.53 bits per heavy atom. The molecule has 0 aliphatic carbocycles. The topological polar surface area (TPSA) is 85.1 Å². The fraction of sp³-hybridized carbons (Fsp3) is 0.625. The van der Waals surface area contributed by atoms with Crippen LogP contribution in [0.5, 0.6) is 0 Å². The highest BCUT2D eigenvalue weighted by Gasteiger charge is 2.21. The highest BCUT2D eigenvalue weighted by Crippen LogP contribution is 2.20. The first-order valence-corrected chi connectivity index (χ1v) is 6.83. The van der Waals surface area contributed by atoms with E-state index in [0.717, 1.165) is 10.6 Å². The van der Waals surface area contributed by atoms with Crippen molar-refractivity contribution in [3.8, 4) is 0 Å². The molecule has 3 N–H and O–H groups in total. The van der Waals surface area contributed by atoms with Gasteiger partial charge in [0.1, 0.15) is 0 Å². The number of aryl methyl sites for hydroxylation is 2. The van der Waals surface area contributed by atoms with Crippen LogP contribution in [0.15, 0.2) is 4.34 Å². The van der Waals surface area contributed by atoms with E-state index in [0.29, 0.717) is 0 Å². The molecule has 0 aliphatic heterocycles. The molecular weight excluding hydrogens is 234 g/mol. The summed E-state index contributed by atoms with van der Waals surface area (Å²) in [6, 6.07) is -0.278. The summed E-state index contributed by atoms with van der Waals surface area (Å²) in [6.45, 7) is 5.61. The number of hydrogen-bond acceptors (Lipinski definition) is 5. The first-order chi connectivity index (χ1) is 6.86. The van der Waals surface area contributed by atoms with Crippen LogP contribution >= 0.6 is 11.3 Å². The molecule has 0 saturated carbocycles. The summed E-state index contributed by atoms with van der Waals surface area (Å²) in [5.41, 5.74) is 6.10. The zero-order valence-electron chi connectivity index (χ0n) is 8.94. The normalized spacial score (nSPS) is 14.1. The molecule has 1 atom stereocenters. The molecule has 0 radical (unpaired) electrons. The number of nitrogens with one attached hydrogen (secondary N) is 1. The molecule has 1 aromatic rings. The molecule has 0 bridgehead atoms. The second-order valence-corrected chi connectivity index (χ2v) is 6.47. The first kappa shape index (κ1) is 12.6. The minimum absolute atomic E-state index is 0.109. The molecule has 0 aromatic carbocycles. The highest BCUT2D eigenvalue weighted by atomic mass is 32.2. The third-order valence-electron chi connectivity index (χ3n) is 1.95. The second kappa shape index (κ2) is 4.56. The number of nitrogens with zero attached hydrogens (tertiary/aromatic N) is 1. The van der Waals surface area contributed by atoms with Crippen molar-refractivity contribution in [2.45, 2.75) is 31.2 Å². The SMILES string of the molecule is Cc1nc(S(=O)(=O)N[C@@H](C)CN)sc1C. The third-order valence-corrected chi connectivity index (χ3v) is 4.99. The summed E-state index contributed by atoms with van der Waals surface area (Å²) >= 11 is 1.17. The molecule has 0 saturated heterocycles. The van der Waals surface area contributed by atoms with Gasteiger partial charge in [0.2, 0.25) is 4.34 Å². The van der Waals surface area contributed by atoms with E-state index in [2.05, 4.69) is 9.71 Å². The Balaban J connectivity index is 2.96. The van der Waals surface area contributed by atoms with Crippen molar-refractivity contribution in [2.75, 3.05) is 6.54 Å². The van der Waals surface area contributed by atoms with Crippen LogP contribution in [0.3, 0.4) is 0 Å². The van der Waals surface area contributed by atoms with E-state index in [1.54, 1.807) is 13.8 Å². The maximum atomic E-state index is 11.7. The van der Waals surface area contributed by atoms with E-state index in [9.17, 15) is 8.42 Å². The Kier molecular flexibility index (Phi) is 3.82. The molecule has 0 unspecified atom stereocenters. The molecule has 0 fully saturated rings. The van der Waals surface area contributed by atoms with Gasteiger partial charge in [0.15, 0.2) is 0 Å². The Labute approximate surface area is 93.8 Å². The lowest BCUT2D eigenvalue weighted by Crippen LogP contribution is -2.37. The Morgan fingerprint density at radius 1 is 1.53 bits per heavy atom. The van der Waals surface area contributed by atoms with E-state index >= 15 is 0 Å². The van der Waals surface area contributed by atoms with Gasteiger partial charge in [0, 0.05) is 17.5 Å². The smallest absolute Gasteiger partial charge is 0.268 e. The lowest BCUT2D eigenvalue weighted by atomic mass is 10.4. The van der Waals surface area contributed by atoms with Gasteiger partial charge in [-0.25, -0.2) is 18.1 Å². The molecule has 1 rings (SSSR count). The monoisotopic (exact) mass is 249 g/mol. The van der Waals surface area contributed by atoms with Crippen LogP contribution in [-0.4, -0.2) is 26.0 Å². The first-order valence-electron chi connectivity index (χ1n) is 4.53. The van der Waals surface area contributed by atoms with Crippen LogP contribution in [0.25, 0.3) is 0 Å². The van der Waals surface area contributed by atoms with E-state index in [4.69, 9.17) is 5.73 Å². The summed E-state index contributed by atoms with van der Waals surface area (Å²) in [4.78, 5) is 4.91. The van der Waals surface area contributed by atoms with E-state index in [-0.39, 0.29) is 16.9 Å². The van der Waals surface area contributed by atoms with Gasteiger partial charge >= 0.3 is 0 Å².